The molecular weight excluding hydrogens is 261 g/mol. The molecule has 1 unspecified atom stereocenters. The van der Waals surface area contributed by atoms with Gasteiger partial charge >= 0.3 is 6.18 Å². The lowest BCUT2D eigenvalue weighted by atomic mass is 9.50. The highest BCUT2D eigenvalue weighted by Gasteiger charge is 2.74. The van der Waals surface area contributed by atoms with Crippen LogP contribution in [-0.2, 0) is 0 Å². The van der Waals surface area contributed by atoms with E-state index in [1.807, 2.05) is 0 Å². The summed E-state index contributed by atoms with van der Waals surface area (Å²) in [6, 6.07) is 0. The normalized spacial score (nSPS) is 58.0. The summed E-state index contributed by atoms with van der Waals surface area (Å²) in [7, 11) is 0. The minimum absolute atomic E-state index is 0.0526. The molecule has 102 valence electrons. The van der Waals surface area contributed by atoms with Crippen molar-refractivity contribution in [3.8, 4) is 0 Å². The van der Waals surface area contributed by atoms with Crippen LogP contribution in [0, 0.1) is 23.7 Å². The van der Waals surface area contributed by atoms with Crippen LogP contribution in [0.5, 0.6) is 0 Å². The Morgan fingerprint density at radius 2 is 1.39 bits per heavy atom. The molecule has 1 spiro atoms. The molecule has 1 aliphatic heterocycles. The predicted molar refractivity (Wildman–Crippen MR) is 63.0 cm³/mol. The second-order valence-electron chi connectivity index (χ2n) is 6.82. The van der Waals surface area contributed by atoms with E-state index in [1.165, 1.54) is 6.42 Å². The summed E-state index contributed by atoms with van der Waals surface area (Å²) in [5.41, 5.74) is 0. The first-order valence-corrected chi connectivity index (χ1v) is 7.63. The fourth-order valence-electron chi connectivity index (χ4n) is 5.28. The first-order chi connectivity index (χ1) is 8.32. The summed E-state index contributed by atoms with van der Waals surface area (Å²) in [6.45, 7) is 0. The summed E-state index contributed by atoms with van der Waals surface area (Å²) in [4.78, 5) is -2.46. The zero-order chi connectivity index (χ0) is 12.8. The third-order valence-corrected chi connectivity index (χ3v) is 7.74. The van der Waals surface area contributed by atoms with E-state index in [-0.39, 0.29) is 11.2 Å². The fourth-order valence-corrected chi connectivity index (χ4v) is 7.08. The van der Waals surface area contributed by atoms with Gasteiger partial charge in [0.15, 0.2) is 0 Å². The van der Waals surface area contributed by atoms with Crippen molar-refractivity contribution < 1.29 is 18.3 Å². The monoisotopic (exact) mass is 278 g/mol. The van der Waals surface area contributed by atoms with Crippen LogP contribution in [0.3, 0.4) is 0 Å². The zero-order valence-electron chi connectivity index (χ0n) is 10.0. The Morgan fingerprint density at radius 3 is 1.78 bits per heavy atom. The molecule has 0 amide bonds. The Labute approximate surface area is 109 Å². The molecule has 5 rings (SSSR count). The van der Waals surface area contributed by atoms with Gasteiger partial charge in [-0.2, -0.15) is 13.2 Å². The van der Waals surface area contributed by atoms with E-state index < -0.39 is 11.1 Å². The van der Waals surface area contributed by atoms with Crippen molar-refractivity contribution in [1.29, 1.82) is 0 Å². The van der Waals surface area contributed by atoms with Gasteiger partial charge in [0, 0.05) is 11.2 Å². The topological polar surface area (TPSA) is 20.2 Å². The van der Waals surface area contributed by atoms with Crippen LogP contribution in [0.4, 0.5) is 13.2 Å². The Kier molecular flexibility index (Phi) is 2.13. The van der Waals surface area contributed by atoms with Gasteiger partial charge in [0.05, 0.1) is 0 Å². The van der Waals surface area contributed by atoms with Crippen molar-refractivity contribution in [3.05, 3.63) is 0 Å². The van der Waals surface area contributed by atoms with Crippen LogP contribution in [0.15, 0.2) is 0 Å². The molecule has 5 fully saturated rings. The van der Waals surface area contributed by atoms with Gasteiger partial charge in [0.25, 0.3) is 0 Å². The smallest absolute Gasteiger partial charge is 0.371 e. The first kappa shape index (κ1) is 11.9. The van der Waals surface area contributed by atoms with Crippen molar-refractivity contribution in [3.63, 3.8) is 0 Å². The summed E-state index contributed by atoms with van der Waals surface area (Å²) < 4.78 is 38.2. The predicted octanol–water partition coefficient (Wildman–Crippen LogP) is 3.57. The molecule has 1 heterocycles. The third kappa shape index (κ3) is 1.30. The van der Waals surface area contributed by atoms with Crippen molar-refractivity contribution >= 4 is 11.8 Å². The van der Waals surface area contributed by atoms with Gasteiger partial charge in [-0.1, -0.05) is 0 Å². The van der Waals surface area contributed by atoms with E-state index >= 15 is 0 Å². The largest absolute Gasteiger partial charge is 0.426 e. The molecule has 4 bridgehead atoms. The lowest BCUT2D eigenvalue weighted by Gasteiger charge is -2.68. The molecular formula is C13H17F3OS. The van der Waals surface area contributed by atoms with E-state index in [2.05, 4.69) is 0 Å². The van der Waals surface area contributed by atoms with Crippen LogP contribution in [0.25, 0.3) is 0 Å². The lowest BCUT2D eigenvalue weighted by Crippen LogP contribution is -2.68. The summed E-state index contributed by atoms with van der Waals surface area (Å²) in [5.74, 6) is 2.39. The van der Waals surface area contributed by atoms with Gasteiger partial charge < -0.3 is 5.11 Å². The number of hydrogen-bond donors (Lipinski definition) is 1. The van der Waals surface area contributed by atoms with E-state index in [4.69, 9.17) is 0 Å². The Hall–Kier alpha value is 0.100. The molecule has 18 heavy (non-hydrogen) atoms. The standard InChI is InChI=1S/C13H17F3OS/c14-13(15,16)12(17)6-11(18-12)9-2-7-1-8(4-9)5-10(11)3-7/h7-10,17H,1-6H2. The quantitative estimate of drug-likeness (QED) is 0.731. The lowest BCUT2D eigenvalue weighted by molar-refractivity contribution is -0.240. The van der Waals surface area contributed by atoms with Crippen LogP contribution >= 0.6 is 11.8 Å². The van der Waals surface area contributed by atoms with Gasteiger partial charge in [-0.3, -0.25) is 0 Å². The molecule has 1 nitrogen and oxygen atoms in total. The second kappa shape index (κ2) is 3.22. The molecule has 0 aromatic carbocycles. The number of halogens is 3. The third-order valence-electron chi connectivity index (χ3n) is 5.84. The van der Waals surface area contributed by atoms with Crippen molar-refractivity contribution in [2.75, 3.05) is 0 Å². The maximum atomic E-state index is 12.8. The maximum Gasteiger partial charge on any atom is 0.426 e. The average molecular weight is 278 g/mol. The highest BCUT2D eigenvalue weighted by Crippen LogP contribution is 2.74. The molecule has 1 saturated heterocycles. The Bertz CT molecular complexity index is 356. The number of thioether (sulfide) groups is 1. The van der Waals surface area contributed by atoms with E-state index in [1.54, 1.807) is 0 Å². The number of rotatable bonds is 0. The molecule has 0 aromatic rings. The van der Waals surface area contributed by atoms with E-state index in [9.17, 15) is 18.3 Å². The van der Waals surface area contributed by atoms with Crippen LogP contribution in [-0.4, -0.2) is 21.0 Å². The highest BCUT2D eigenvalue weighted by atomic mass is 32.2. The van der Waals surface area contributed by atoms with Gasteiger partial charge in [-0.05, 0) is 55.8 Å². The number of hydrogen-bond acceptors (Lipinski definition) is 2. The van der Waals surface area contributed by atoms with Crippen LogP contribution < -0.4 is 0 Å². The second-order valence-corrected chi connectivity index (χ2v) is 8.46. The maximum absolute atomic E-state index is 12.8. The highest BCUT2D eigenvalue weighted by molar-refractivity contribution is 8.03. The Balaban J connectivity index is 1.61. The average Bonchev–Trinajstić information content (AvgIpc) is 2.19. The molecule has 4 aliphatic carbocycles. The summed E-state index contributed by atoms with van der Waals surface area (Å²) in [5, 5.41) is 9.73. The molecule has 5 heteroatoms. The van der Waals surface area contributed by atoms with Crippen molar-refractivity contribution in [2.24, 2.45) is 23.7 Å². The molecule has 1 N–H and O–H groups in total. The first-order valence-electron chi connectivity index (χ1n) is 6.82. The molecule has 1 atom stereocenters. The SMILES string of the molecule is OC1(C(F)(F)F)CC2(S1)C1CC3CC(C1)CC2C3. The van der Waals surface area contributed by atoms with Gasteiger partial charge in [0.2, 0.25) is 4.93 Å². The minimum Gasteiger partial charge on any atom is -0.371 e. The van der Waals surface area contributed by atoms with Crippen molar-refractivity contribution in [2.45, 2.75) is 54.4 Å². The molecule has 0 aromatic heterocycles. The van der Waals surface area contributed by atoms with Crippen molar-refractivity contribution in [1.82, 2.24) is 0 Å². The van der Waals surface area contributed by atoms with E-state index in [0.29, 0.717) is 11.8 Å². The summed E-state index contributed by atoms with van der Waals surface area (Å²) in [6.07, 6.45) is 1.20. The minimum atomic E-state index is -4.47. The number of alkyl halides is 3. The zero-order valence-corrected chi connectivity index (χ0v) is 10.9. The summed E-state index contributed by atoms with van der Waals surface area (Å²) >= 11 is 0.851. The van der Waals surface area contributed by atoms with Gasteiger partial charge in [-0.15, -0.1) is 11.8 Å². The molecule has 5 aliphatic rings. The molecule has 4 saturated carbocycles. The molecule has 0 radical (unpaired) electrons. The number of aliphatic hydroxyl groups is 1. The van der Waals surface area contributed by atoms with Gasteiger partial charge in [-0.25, -0.2) is 0 Å². The fraction of sp³-hybridized carbons (Fsp3) is 1.00. The van der Waals surface area contributed by atoms with Crippen LogP contribution in [0.2, 0.25) is 0 Å². The van der Waals surface area contributed by atoms with Crippen LogP contribution in [0.1, 0.15) is 38.5 Å². The Morgan fingerprint density at radius 1 is 0.944 bits per heavy atom. The van der Waals surface area contributed by atoms with Gasteiger partial charge in [0.1, 0.15) is 0 Å². The van der Waals surface area contributed by atoms with E-state index in [0.717, 1.165) is 49.3 Å².